The van der Waals surface area contributed by atoms with E-state index in [1.54, 1.807) is 0 Å². The van der Waals surface area contributed by atoms with Gasteiger partial charge in [0.05, 0.1) is 0 Å². The lowest BCUT2D eigenvalue weighted by Crippen LogP contribution is -2.09. The van der Waals surface area contributed by atoms with E-state index in [0.717, 1.165) is 13.0 Å². The van der Waals surface area contributed by atoms with Crippen molar-refractivity contribution < 1.29 is 0 Å². The number of likely N-dealkylation sites (N-methyl/N-ethyl adjacent to an activating group) is 1. The van der Waals surface area contributed by atoms with Crippen molar-refractivity contribution in [2.24, 2.45) is 0 Å². The monoisotopic (exact) mass is 153 g/mol. The highest BCUT2D eigenvalue weighted by molar-refractivity contribution is 5.15. The Morgan fingerprint density at radius 3 is 2.55 bits per heavy atom. The molecule has 11 heavy (non-hydrogen) atoms. The molecule has 0 aliphatic heterocycles. The number of unbranched alkanes of at least 4 members (excludes halogenated alkanes) is 1. The van der Waals surface area contributed by atoms with Crippen molar-refractivity contribution in [3.8, 4) is 0 Å². The molecular weight excluding hydrogens is 134 g/mol. The average molecular weight is 153 g/mol. The van der Waals surface area contributed by atoms with Crippen molar-refractivity contribution in [1.29, 1.82) is 0 Å². The third kappa shape index (κ3) is 5.71. The molecule has 0 aromatic carbocycles. The summed E-state index contributed by atoms with van der Waals surface area (Å²) in [5.74, 6) is 0. The lowest BCUT2D eigenvalue weighted by Gasteiger charge is -2.02. The molecule has 0 bridgehead atoms. The Hall–Kier alpha value is -0.720. The maximum absolute atomic E-state index is 3.29. The number of allylic oxidation sites excluding steroid dienone is 3. The summed E-state index contributed by atoms with van der Waals surface area (Å²) in [4.78, 5) is 0. The molecule has 0 rings (SSSR count). The molecule has 0 atom stereocenters. The van der Waals surface area contributed by atoms with E-state index in [-0.39, 0.29) is 0 Å². The van der Waals surface area contributed by atoms with Crippen LogP contribution >= 0.6 is 0 Å². The Morgan fingerprint density at radius 1 is 1.36 bits per heavy atom. The van der Waals surface area contributed by atoms with Gasteiger partial charge in [-0.3, -0.25) is 0 Å². The van der Waals surface area contributed by atoms with Gasteiger partial charge in [-0.1, -0.05) is 25.5 Å². The molecule has 0 unspecified atom stereocenters. The second kappa shape index (κ2) is 7.39. The summed E-state index contributed by atoms with van der Waals surface area (Å²) in [5, 5.41) is 3.29. The van der Waals surface area contributed by atoms with Crippen LogP contribution in [-0.2, 0) is 0 Å². The average Bonchev–Trinajstić information content (AvgIpc) is 2.01. The topological polar surface area (TPSA) is 12.0 Å². The van der Waals surface area contributed by atoms with Crippen LogP contribution in [0.3, 0.4) is 0 Å². The number of hydrogen-bond donors (Lipinski definition) is 1. The maximum Gasteiger partial charge on any atom is 0.0296 e. The first-order valence-electron chi connectivity index (χ1n) is 4.41. The molecule has 0 radical (unpaired) electrons. The molecule has 0 heterocycles. The summed E-state index contributed by atoms with van der Waals surface area (Å²) in [6.07, 6.45) is 8.78. The highest BCUT2D eigenvalue weighted by Gasteiger charge is 1.85. The molecular formula is C10H19N. The number of rotatable bonds is 5. The Labute approximate surface area is 70.2 Å². The van der Waals surface area contributed by atoms with Gasteiger partial charge < -0.3 is 5.32 Å². The second-order valence-corrected chi connectivity index (χ2v) is 2.48. The normalized spacial score (nSPS) is 12.5. The van der Waals surface area contributed by atoms with E-state index in [1.165, 1.54) is 12.1 Å². The van der Waals surface area contributed by atoms with Crippen molar-refractivity contribution >= 4 is 0 Å². The van der Waals surface area contributed by atoms with Gasteiger partial charge in [-0.25, -0.2) is 0 Å². The predicted molar refractivity (Wildman–Crippen MR) is 51.5 cm³/mol. The quantitative estimate of drug-likeness (QED) is 0.599. The zero-order valence-electron chi connectivity index (χ0n) is 7.85. The molecule has 1 nitrogen and oxygen atoms in total. The second-order valence-electron chi connectivity index (χ2n) is 2.48. The lowest BCUT2D eigenvalue weighted by atomic mass is 10.2. The van der Waals surface area contributed by atoms with Crippen LogP contribution in [-0.4, -0.2) is 6.54 Å². The van der Waals surface area contributed by atoms with Gasteiger partial charge in [-0.2, -0.15) is 0 Å². The van der Waals surface area contributed by atoms with Gasteiger partial charge in [0.2, 0.25) is 0 Å². The van der Waals surface area contributed by atoms with Gasteiger partial charge in [0.25, 0.3) is 0 Å². The van der Waals surface area contributed by atoms with Crippen molar-refractivity contribution in [3.63, 3.8) is 0 Å². The van der Waals surface area contributed by atoms with Gasteiger partial charge in [-0.15, -0.1) is 0 Å². The first-order valence-corrected chi connectivity index (χ1v) is 4.41. The molecule has 0 aliphatic carbocycles. The fraction of sp³-hybridized carbons (Fsp3) is 0.600. The first kappa shape index (κ1) is 10.3. The van der Waals surface area contributed by atoms with Gasteiger partial charge in [0.1, 0.15) is 0 Å². The van der Waals surface area contributed by atoms with Crippen LogP contribution in [0.1, 0.15) is 33.6 Å². The third-order valence-corrected chi connectivity index (χ3v) is 1.38. The minimum absolute atomic E-state index is 1.000. The van der Waals surface area contributed by atoms with Gasteiger partial charge in [0.15, 0.2) is 0 Å². The van der Waals surface area contributed by atoms with Crippen LogP contribution in [0.2, 0.25) is 0 Å². The fourth-order valence-electron chi connectivity index (χ4n) is 0.883. The minimum atomic E-state index is 1.000. The van der Waals surface area contributed by atoms with E-state index < -0.39 is 0 Å². The Bertz CT molecular complexity index is 134. The molecule has 1 N–H and O–H groups in total. The van der Waals surface area contributed by atoms with E-state index >= 15 is 0 Å². The standard InChI is InChI=1S/C10H19N/c1-4-7-9-10(8-5-2)11-6-3/h5,8-9,11H,4,6-7H2,1-3H3/b8-5-,10-9+. The van der Waals surface area contributed by atoms with Crippen LogP contribution < -0.4 is 5.32 Å². The molecule has 0 aliphatic rings. The van der Waals surface area contributed by atoms with Crippen molar-refractivity contribution in [1.82, 2.24) is 5.32 Å². The summed E-state index contributed by atoms with van der Waals surface area (Å²) in [7, 11) is 0. The van der Waals surface area contributed by atoms with E-state index in [4.69, 9.17) is 0 Å². The summed E-state index contributed by atoms with van der Waals surface area (Å²) >= 11 is 0. The first-order chi connectivity index (χ1) is 5.35. The smallest absolute Gasteiger partial charge is 0.0296 e. The summed E-state index contributed by atoms with van der Waals surface area (Å²) in [5.41, 5.74) is 1.25. The van der Waals surface area contributed by atoms with Crippen LogP contribution in [0.5, 0.6) is 0 Å². The Kier molecular flexibility index (Phi) is 6.90. The molecule has 0 spiro atoms. The Balaban J connectivity index is 3.86. The molecule has 1 heteroatoms. The highest BCUT2D eigenvalue weighted by Crippen LogP contribution is 1.97. The van der Waals surface area contributed by atoms with E-state index in [2.05, 4.69) is 37.4 Å². The predicted octanol–water partition coefficient (Wildman–Crippen LogP) is 2.86. The van der Waals surface area contributed by atoms with Crippen LogP contribution in [0.25, 0.3) is 0 Å². The fourth-order valence-corrected chi connectivity index (χ4v) is 0.883. The van der Waals surface area contributed by atoms with Crippen LogP contribution in [0.4, 0.5) is 0 Å². The molecule has 0 saturated carbocycles. The maximum atomic E-state index is 3.29. The zero-order valence-corrected chi connectivity index (χ0v) is 7.85. The number of hydrogen-bond acceptors (Lipinski definition) is 1. The lowest BCUT2D eigenvalue weighted by molar-refractivity contribution is 0.855. The highest BCUT2D eigenvalue weighted by atomic mass is 14.9. The third-order valence-electron chi connectivity index (χ3n) is 1.38. The largest absolute Gasteiger partial charge is 0.386 e. The Morgan fingerprint density at radius 2 is 2.09 bits per heavy atom. The SMILES string of the molecule is C/C=C\C(=C/CCC)NCC. The summed E-state index contributed by atoms with van der Waals surface area (Å²) < 4.78 is 0. The van der Waals surface area contributed by atoms with Crippen LogP contribution in [0, 0.1) is 0 Å². The van der Waals surface area contributed by atoms with Crippen molar-refractivity contribution in [2.45, 2.75) is 33.6 Å². The van der Waals surface area contributed by atoms with Crippen LogP contribution in [0.15, 0.2) is 23.9 Å². The zero-order chi connectivity index (χ0) is 8.53. The van der Waals surface area contributed by atoms with Gasteiger partial charge in [-0.05, 0) is 26.3 Å². The molecule has 0 amide bonds. The van der Waals surface area contributed by atoms with Gasteiger partial charge in [0, 0.05) is 12.2 Å². The van der Waals surface area contributed by atoms with E-state index in [9.17, 15) is 0 Å². The van der Waals surface area contributed by atoms with Crippen molar-refractivity contribution in [2.75, 3.05) is 6.54 Å². The molecule has 64 valence electrons. The minimum Gasteiger partial charge on any atom is -0.386 e. The molecule has 0 aromatic heterocycles. The molecule has 0 saturated heterocycles. The number of nitrogens with one attached hydrogen (secondary N) is 1. The van der Waals surface area contributed by atoms with Gasteiger partial charge >= 0.3 is 0 Å². The van der Waals surface area contributed by atoms with Crippen molar-refractivity contribution in [3.05, 3.63) is 23.9 Å². The van der Waals surface area contributed by atoms with E-state index in [1.807, 2.05) is 6.92 Å². The summed E-state index contributed by atoms with van der Waals surface area (Å²) in [6.45, 7) is 7.34. The molecule has 0 aromatic rings. The molecule has 0 fully saturated rings. The summed E-state index contributed by atoms with van der Waals surface area (Å²) in [6, 6.07) is 0. The van der Waals surface area contributed by atoms with E-state index in [0.29, 0.717) is 0 Å².